The van der Waals surface area contributed by atoms with Gasteiger partial charge in [-0.05, 0) is 61.6 Å². The number of hydrogen-bond donors (Lipinski definition) is 4. The number of carbonyl (C=O) groups excluding carboxylic acids is 2. The summed E-state index contributed by atoms with van der Waals surface area (Å²) in [7, 11) is 1.65. The highest BCUT2D eigenvalue weighted by atomic mass is 16.5. The summed E-state index contributed by atoms with van der Waals surface area (Å²) in [5, 5.41) is 10.4. The van der Waals surface area contributed by atoms with Gasteiger partial charge in [-0.1, -0.05) is 50.3 Å². The third kappa shape index (κ3) is 7.26. The molecule has 4 N–H and O–H groups in total. The van der Waals surface area contributed by atoms with Crippen LogP contribution in [-0.4, -0.2) is 43.0 Å². The average Bonchev–Trinajstić information content (AvgIpc) is 3.36. The van der Waals surface area contributed by atoms with E-state index in [2.05, 4.69) is 20.9 Å². The molecule has 0 unspecified atom stereocenters. The maximum atomic E-state index is 13.1. The molecular weight excluding hydrogens is 452 g/mol. The van der Waals surface area contributed by atoms with E-state index in [0.29, 0.717) is 24.6 Å². The minimum Gasteiger partial charge on any atom is -0.497 e. The molecule has 1 atom stereocenters. The summed E-state index contributed by atoms with van der Waals surface area (Å²) < 4.78 is 5.18. The quantitative estimate of drug-likeness (QED) is 0.261. The van der Waals surface area contributed by atoms with Crippen molar-refractivity contribution in [2.24, 2.45) is 5.92 Å². The highest BCUT2D eigenvalue weighted by molar-refractivity contribution is 6.00. The first kappa shape index (κ1) is 25.6. The van der Waals surface area contributed by atoms with Gasteiger partial charge in [0.2, 0.25) is 5.91 Å². The lowest BCUT2D eigenvalue weighted by molar-refractivity contribution is -0.123. The number of aromatic amines is 1. The van der Waals surface area contributed by atoms with E-state index >= 15 is 0 Å². The SMILES string of the molecule is COc1ccc(NCCCNC(=O)[C@H](CCC2CCCCC2)NC(=O)c2cc3ccccc3[nH]2)cc1. The number of fused-ring (bicyclic) bond motifs is 1. The summed E-state index contributed by atoms with van der Waals surface area (Å²) >= 11 is 0. The van der Waals surface area contributed by atoms with Gasteiger partial charge in [0, 0.05) is 29.7 Å². The van der Waals surface area contributed by atoms with E-state index in [9.17, 15) is 9.59 Å². The molecular formula is C29H38N4O3. The van der Waals surface area contributed by atoms with Crippen molar-refractivity contribution >= 4 is 28.4 Å². The highest BCUT2D eigenvalue weighted by Crippen LogP contribution is 2.28. The van der Waals surface area contributed by atoms with Crippen molar-refractivity contribution in [3.05, 3.63) is 60.3 Å². The van der Waals surface area contributed by atoms with Crippen molar-refractivity contribution < 1.29 is 14.3 Å². The monoisotopic (exact) mass is 490 g/mol. The third-order valence-electron chi connectivity index (χ3n) is 7.06. The molecule has 1 heterocycles. The number of anilines is 1. The Morgan fingerprint density at radius 3 is 2.56 bits per heavy atom. The van der Waals surface area contributed by atoms with E-state index in [1.54, 1.807) is 7.11 Å². The number of ether oxygens (including phenoxy) is 1. The fraction of sp³-hybridized carbons (Fsp3) is 0.448. The number of nitrogens with one attached hydrogen (secondary N) is 4. The Morgan fingerprint density at radius 1 is 1.03 bits per heavy atom. The van der Waals surface area contributed by atoms with Crippen LogP contribution in [0, 0.1) is 5.92 Å². The van der Waals surface area contributed by atoms with Gasteiger partial charge in [0.05, 0.1) is 7.11 Å². The van der Waals surface area contributed by atoms with Gasteiger partial charge in [0.25, 0.3) is 5.91 Å². The van der Waals surface area contributed by atoms with E-state index < -0.39 is 6.04 Å². The maximum Gasteiger partial charge on any atom is 0.268 e. The molecule has 0 saturated heterocycles. The zero-order valence-corrected chi connectivity index (χ0v) is 21.1. The molecule has 192 valence electrons. The summed E-state index contributed by atoms with van der Waals surface area (Å²) in [4.78, 5) is 29.3. The van der Waals surface area contributed by atoms with Gasteiger partial charge in [0.15, 0.2) is 0 Å². The second-order valence-electron chi connectivity index (χ2n) is 9.68. The maximum absolute atomic E-state index is 13.1. The first-order valence-electron chi connectivity index (χ1n) is 13.2. The van der Waals surface area contributed by atoms with Gasteiger partial charge >= 0.3 is 0 Å². The predicted molar refractivity (Wildman–Crippen MR) is 144 cm³/mol. The van der Waals surface area contributed by atoms with Crippen LogP contribution in [0.2, 0.25) is 0 Å². The molecule has 0 aliphatic heterocycles. The molecule has 36 heavy (non-hydrogen) atoms. The number of aromatic nitrogens is 1. The number of H-pyrrole nitrogens is 1. The Morgan fingerprint density at radius 2 is 1.81 bits per heavy atom. The van der Waals surface area contributed by atoms with Gasteiger partial charge in [-0.2, -0.15) is 0 Å². The summed E-state index contributed by atoms with van der Waals surface area (Å²) in [6.07, 6.45) is 8.69. The van der Waals surface area contributed by atoms with Crippen LogP contribution in [0.1, 0.15) is 61.9 Å². The van der Waals surface area contributed by atoms with Crippen molar-refractivity contribution in [2.75, 3.05) is 25.5 Å². The van der Waals surface area contributed by atoms with Crippen LogP contribution in [0.15, 0.2) is 54.6 Å². The van der Waals surface area contributed by atoms with Gasteiger partial charge in [-0.3, -0.25) is 9.59 Å². The van der Waals surface area contributed by atoms with Crippen LogP contribution in [0.3, 0.4) is 0 Å². The number of para-hydroxylation sites is 1. The number of rotatable bonds is 12. The number of carbonyl (C=O) groups is 2. The number of methoxy groups -OCH3 is 1. The Balaban J connectivity index is 1.29. The Labute approximate surface area is 213 Å². The number of hydrogen-bond acceptors (Lipinski definition) is 4. The largest absolute Gasteiger partial charge is 0.497 e. The Bertz CT molecular complexity index is 1090. The molecule has 1 aliphatic carbocycles. The summed E-state index contributed by atoms with van der Waals surface area (Å²) in [6, 6.07) is 16.9. The zero-order chi connectivity index (χ0) is 25.2. The topological polar surface area (TPSA) is 95.2 Å². The zero-order valence-electron chi connectivity index (χ0n) is 21.1. The van der Waals surface area contributed by atoms with Crippen LogP contribution >= 0.6 is 0 Å². The predicted octanol–water partition coefficient (Wildman–Crippen LogP) is 5.25. The lowest BCUT2D eigenvalue weighted by atomic mass is 9.85. The summed E-state index contributed by atoms with van der Waals surface area (Å²) in [5.74, 6) is 1.12. The van der Waals surface area contributed by atoms with Crippen molar-refractivity contribution in [1.82, 2.24) is 15.6 Å². The lowest BCUT2D eigenvalue weighted by Crippen LogP contribution is -2.47. The second-order valence-corrected chi connectivity index (χ2v) is 9.68. The molecule has 0 bridgehead atoms. The number of benzene rings is 2. The second kappa shape index (κ2) is 13.0. The molecule has 1 aromatic heterocycles. The normalized spacial score (nSPS) is 14.8. The third-order valence-corrected chi connectivity index (χ3v) is 7.06. The van der Waals surface area contributed by atoms with E-state index in [1.165, 1.54) is 32.1 Å². The van der Waals surface area contributed by atoms with Crippen molar-refractivity contribution in [2.45, 2.75) is 57.4 Å². The number of amides is 2. The van der Waals surface area contributed by atoms with Gasteiger partial charge in [-0.25, -0.2) is 0 Å². The smallest absolute Gasteiger partial charge is 0.268 e. The van der Waals surface area contributed by atoms with Gasteiger partial charge < -0.3 is 25.7 Å². The molecule has 2 amide bonds. The minimum absolute atomic E-state index is 0.111. The van der Waals surface area contributed by atoms with Crippen LogP contribution in [0.25, 0.3) is 10.9 Å². The van der Waals surface area contributed by atoms with E-state index in [-0.39, 0.29) is 11.8 Å². The fourth-order valence-corrected chi connectivity index (χ4v) is 4.94. The summed E-state index contributed by atoms with van der Waals surface area (Å²) in [5.41, 5.74) is 2.41. The van der Waals surface area contributed by atoms with Crippen molar-refractivity contribution in [3.8, 4) is 5.75 Å². The minimum atomic E-state index is -0.541. The van der Waals surface area contributed by atoms with Crippen LogP contribution < -0.4 is 20.7 Å². The standard InChI is InChI=1S/C29H38N4O3/c1-36-24-15-13-23(14-16-24)30-18-7-19-31-28(34)26(17-12-21-8-3-2-4-9-21)33-29(35)27-20-22-10-5-6-11-25(22)32-27/h5-6,10-11,13-16,20-21,26,30,32H,2-4,7-9,12,17-19H2,1H3,(H,31,34)(H,33,35)/t26-/m0/s1. The van der Waals surface area contributed by atoms with E-state index in [4.69, 9.17) is 4.74 Å². The Hall–Kier alpha value is -3.48. The van der Waals surface area contributed by atoms with Gasteiger partial charge in [0.1, 0.15) is 17.5 Å². The van der Waals surface area contributed by atoms with Gasteiger partial charge in [-0.15, -0.1) is 0 Å². The molecule has 3 aromatic rings. The molecule has 0 radical (unpaired) electrons. The first-order chi connectivity index (χ1) is 17.6. The van der Waals surface area contributed by atoms with Crippen LogP contribution in [0.5, 0.6) is 5.75 Å². The van der Waals surface area contributed by atoms with Crippen LogP contribution in [-0.2, 0) is 4.79 Å². The van der Waals surface area contributed by atoms with Crippen LogP contribution in [0.4, 0.5) is 5.69 Å². The molecule has 1 aliphatic rings. The fourth-order valence-electron chi connectivity index (χ4n) is 4.94. The lowest BCUT2D eigenvalue weighted by Gasteiger charge is -2.24. The Kier molecular flexibility index (Phi) is 9.25. The first-order valence-corrected chi connectivity index (χ1v) is 13.2. The molecule has 7 heteroatoms. The molecule has 1 fully saturated rings. The van der Waals surface area contributed by atoms with E-state index in [1.807, 2.05) is 54.6 Å². The summed E-state index contributed by atoms with van der Waals surface area (Å²) in [6.45, 7) is 1.28. The molecule has 2 aromatic carbocycles. The van der Waals surface area contributed by atoms with Crippen molar-refractivity contribution in [1.29, 1.82) is 0 Å². The molecule has 4 rings (SSSR count). The van der Waals surface area contributed by atoms with Crippen molar-refractivity contribution in [3.63, 3.8) is 0 Å². The average molecular weight is 491 g/mol. The van der Waals surface area contributed by atoms with E-state index in [0.717, 1.165) is 41.7 Å². The molecule has 0 spiro atoms. The highest BCUT2D eigenvalue weighted by Gasteiger charge is 2.24. The molecule has 7 nitrogen and oxygen atoms in total. The molecule has 1 saturated carbocycles.